The van der Waals surface area contributed by atoms with Gasteiger partial charge in [0.1, 0.15) is 0 Å². The predicted octanol–water partition coefficient (Wildman–Crippen LogP) is 3.10. The van der Waals surface area contributed by atoms with Crippen molar-refractivity contribution in [1.82, 2.24) is 0 Å². The van der Waals surface area contributed by atoms with Crippen molar-refractivity contribution in [2.45, 2.75) is 12.3 Å². The second-order valence-corrected chi connectivity index (χ2v) is 3.77. The van der Waals surface area contributed by atoms with Crippen LogP contribution in [-0.4, -0.2) is 0 Å². The molecule has 15 heavy (non-hydrogen) atoms. The predicted molar refractivity (Wildman–Crippen MR) is 60.0 cm³/mol. The fraction of sp³-hybridized carbons (Fsp3) is 0.182. The third kappa shape index (κ3) is 2.04. The molecule has 2 aromatic rings. The number of rotatable bonds is 2. The van der Waals surface area contributed by atoms with Crippen molar-refractivity contribution < 1.29 is 8.83 Å². The number of hydrogen-bond donors (Lipinski definition) is 0. The maximum absolute atomic E-state index is 11.0. The van der Waals surface area contributed by atoms with Crippen LogP contribution in [0.4, 0.5) is 0 Å². The largest absolute Gasteiger partial charge is 0.519 e. The Morgan fingerprint density at radius 1 is 1.20 bits per heavy atom. The fourth-order valence-electron chi connectivity index (χ4n) is 1.32. The van der Waals surface area contributed by atoms with E-state index < -0.39 is 5.82 Å². The first-order chi connectivity index (χ1) is 7.20. The number of halogens is 1. The van der Waals surface area contributed by atoms with Gasteiger partial charge in [0.05, 0.1) is 5.33 Å². The van der Waals surface area contributed by atoms with Crippen molar-refractivity contribution in [3.8, 4) is 11.3 Å². The summed E-state index contributed by atoms with van der Waals surface area (Å²) < 4.78 is 9.86. The molecule has 78 valence electrons. The monoisotopic (exact) mass is 268 g/mol. The van der Waals surface area contributed by atoms with Crippen LogP contribution in [0.15, 0.2) is 37.9 Å². The van der Waals surface area contributed by atoms with Crippen molar-refractivity contribution in [2.75, 3.05) is 0 Å². The molecule has 0 saturated carbocycles. The van der Waals surface area contributed by atoms with Crippen LogP contribution < -0.4 is 5.82 Å². The van der Waals surface area contributed by atoms with Crippen LogP contribution in [0, 0.1) is 6.92 Å². The van der Waals surface area contributed by atoms with Gasteiger partial charge >= 0.3 is 5.82 Å². The highest BCUT2D eigenvalue weighted by molar-refractivity contribution is 9.08. The minimum atomic E-state index is -0.667. The molecule has 0 radical (unpaired) electrons. The maximum Gasteiger partial charge on any atom is 0.519 e. The van der Waals surface area contributed by atoms with Gasteiger partial charge in [-0.15, -0.1) is 0 Å². The average molecular weight is 269 g/mol. The quantitative estimate of drug-likeness (QED) is 0.787. The lowest BCUT2D eigenvalue weighted by Gasteiger charge is -1.97. The van der Waals surface area contributed by atoms with Crippen molar-refractivity contribution in [3.63, 3.8) is 0 Å². The lowest BCUT2D eigenvalue weighted by atomic mass is 10.1. The van der Waals surface area contributed by atoms with E-state index in [0.717, 1.165) is 11.1 Å². The zero-order valence-corrected chi connectivity index (χ0v) is 9.71. The van der Waals surface area contributed by atoms with Gasteiger partial charge in [-0.2, -0.15) is 0 Å². The summed E-state index contributed by atoms with van der Waals surface area (Å²) >= 11 is 3.24. The molecular formula is C11H9BrO3. The van der Waals surface area contributed by atoms with Crippen molar-refractivity contribution in [1.29, 1.82) is 0 Å². The molecular weight excluding hydrogens is 260 g/mol. The molecule has 0 aliphatic carbocycles. The highest BCUT2D eigenvalue weighted by Gasteiger charge is 2.13. The number of benzene rings is 1. The van der Waals surface area contributed by atoms with Gasteiger partial charge in [0.15, 0.2) is 11.5 Å². The number of alkyl halides is 1. The zero-order valence-electron chi connectivity index (χ0n) is 8.12. The van der Waals surface area contributed by atoms with E-state index in [9.17, 15) is 4.79 Å². The fourth-order valence-corrected chi connectivity index (χ4v) is 1.69. The van der Waals surface area contributed by atoms with Crippen LogP contribution in [-0.2, 0) is 5.33 Å². The molecule has 2 rings (SSSR count). The van der Waals surface area contributed by atoms with Crippen LogP contribution in [0.25, 0.3) is 11.3 Å². The normalized spacial score (nSPS) is 10.5. The van der Waals surface area contributed by atoms with Gasteiger partial charge < -0.3 is 8.83 Å². The van der Waals surface area contributed by atoms with Crippen molar-refractivity contribution >= 4 is 15.9 Å². The van der Waals surface area contributed by atoms with E-state index >= 15 is 0 Å². The Hall–Kier alpha value is -1.29. The molecule has 1 aromatic carbocycles. The molecule has 0 bridgehead atoms. The summed E-state index contributed by atoms with van der Waals surface area (Å²) in [4.78, 5) is 11.0. The van der Waals surface area contributed by atoms with Gasteiger partial charge in [0, 0.05) is 5.56 Å². The molecule has 0 aliphatic rings. The van der Waals surface area contributed by atoms with E-state index in [-0.39, 0.29) is 0 Å². The van der Waals surface area contributed by atoms with Crippen LogP contribution in [0.1, 0.15) is 11.3 Å². The van der Waals surface area contributed by atoms with Crippen LogP contribution in [0.3, 0.4) is 0 Å². The topological polar surface area (TPSA) is 43.4 Å². The molecule has 3 nitrogen and oxygen atoms in total. The molecule has 0 N–H and O–H groups in total. The Kier molecular flexibility index (Phi) is 2.77. The molecule has 0 fully saturated rings. The average Bonchev–Trinajstić information content (AvgIpc) is 2.61. The first-order valence-corrected chi connectivity index (χ1v) is 5.58. The Morgan fingerprint density at radius 3 is 2.47 bits per heavy atom. The lowest BCUT2D eigenvalue weighted by molar-refractivity contribution is 0.381. The molecule has 0 saturated heterocycles. The number of aryl methyl sites for hydroxylation is 1. The summed E-state index contributed by atoms with van der Waals surface area (Å²) in [7, 11) is 0. The number of hydrogen-bond acceptors (Lipinski definition) is 3. The van der Waals surface area contributed by atoms with Gasteiger partial charge in [0.25, 0.3) is 0 Å². The Bertz CT molecular complexity index is 507. The summed E-state index contributed by atoms with van der Waals surface area (Å²) in [5.74, 6) is 0.348. The summed E-state index contributed by atoms with van der Waals surface area (Å²) in [6, 6.07) is 7.71. The van der Waals surface area contributed by atoms with E-state index in [0.29, 0.717) is 16.9 Å². The maximum atomic E-state index is 11.0. The van der Waals surface area contributed by atoms with Gasteiger partial charge in [-0.3, -0.25) is 0 Å². The summed E-state index contributed by atoms with van der Waals surface area (Å²) in [5.41, 5.74) is 2.01. The molecule has 4 heteroatoms. The van der Waals surface area contributed by atoms with Crippen molar-refractivity contribution in [2.24, 2.45) is 0 Å². The smallest absolute Gasteiger partial charge is 0.394 e. The highest BCUT2D eigenvalue weighted by atomic mass is 79.9. The highest BCUT2D eigenvalue weighted by Crippen LogP contribution is 2.24. The third-order valence-electron chi connectivity index (χ3n) is 2.08. The first-order valence-electron chi connectivity index (χ1n) is 4.46. The minimum Gasteiger partial charge on any atom is -0.394 e. The third-order valence-corrected chi connectivity index (χ3v) is 2.59. The summed E-state index contributed by atoms with van der Waals surface area (Å²) in [6.07, 6.45) is 0. The second kappa shape index (κ2) is 4.06. The molecule has 0 aliphatic heterocycles. The molecule has 0 spiro atoms. The Balaban J connectivity index is 2.53. The van der Waals surface area contributed by atoms with Gasteiger partial charge in [-0.05, 0) is 6.92 Å². The van der Waals surface area contributed by atoms with E-state index in [4.69, 9.17) is 8.83 Å². The molecule has 0 atom stereocenters. The second-order valence-electron chi connectivity index (χ2n) is 3.21. The molecule has 1 aromatic heterocycles. The van der Waals surface area contributed by atoms with E-state index in [1.807, 2.05) is 31.2 Å². The molecule has 0 unspecified atom stereocenters. The first kappa shape index (κ1) is 10.2. The zero-order chi connectivity index (χ0) is 10.8. The van der Waals surface area contributed by atoms with E-state index in [2.05, 4.69) is 15.9 Å². The van der Waals surface area contributed by atoms with Gasteiger partial charge in [-0.25, -0.2) is 4.79 Å². The minimum absolute atomic E-state index is 0.460. The molecule has 1 heterocycles. The van der Waals surface area contributed by atoms with Crippen LogP contribution >= 0.6 is 15.9 Å². The SMILES string of the molecule is Cc1ccc(-c2oc(=O)oc2CBr)cc1. The van der Waals surface area contributed by atoms with E-state index in [1.165, 1.54) is 0 Å². The van der Waals surface area contributed by atoms with Crippen LogP contribution in [0.2, 0.25) is 0 Å². The lowest BCUT2D eigenvalue weighted by Crippen LogP contribution is -1.85. The van der Waals surface area contributed by atoms with Gasteiger partial charge in [0.2, 0.25) is 0 Å². The van der Waals surface area contributed by atoms with Gasteiger partial charge in [-0.1, -0.05) is 45.8 Å². The summed E-state index contributed by atoms with van der Waals surface area (Å²) in [5, 5.41) is 0.460. The van der Waals surface area contributed by atoms with Crippen molar-refractivity contribution in [3.05, 3.63) is 46.2 Å². The van der Waals surface area contributed by atoms with Crippen LogP contribution in [0.5, 0.6) is 0 Å². The standard InChI is InChI=1S/C11H9BrO3/c1-7-2-4-8(5-3-7)10-9(6-12)14-11(13)15-10/h2-5H,6H2,1H3. The Labute approximate surface area is 94.8 Å². The molecule has 0 amide bonds. The summed E-state index contributed by atoms with van der Waals surface area (Å²) in [6.45, 7) is 2.00. The van der Waals surface area contributed by atoms with E-state index in [1.54, 1.807) is 0 Å². The Morgan fingerprint density at radius 2 is 1.87 bits per heavy atom.